The second-order valence-electron chi connectivity index (χ2n) is 6.55. The molecule has 1 saturated heterocycles. The number of benzene rings is 2. The third-order valence-electron chi connectivity index (χ3n) is 4.90. The summed E-state index contributed by atoms with van der Waals surface area (Å²) in [5, 5.41) is 0. The van der Waals surface area contributed by atoms with Gasteiger partial charge in [0.15, 0.2) is 0 Å². The van der Waals surface area contributed by atoms with E-state index in [0.29, 0.717) is 19.2 Å². The van der Waals surface area contributed by atoms with Gasteiger partial charge >= 0.3 is 6.18 Å². The smallest absolute Gasteiger partial charge is 0.294 e. The van der Waals surface area contributed by atoms with Gasteiger partial charge in [0.05, 0.1) is 10.5 Å². The molecule has 1 fully saturated rings. The van der Waals surface area contributed by atoms with Crippen LogP contribution in [0, 0.1) is 0 Å². The second-order valence-corrected chi connectivity index (χ2v) is 8.49. The van der Waals surface area contributed by atoms with Crippen LogP contribution < -0.4 is 0 Å². The maximum atomic E-state index is 12.9. The Bertz CT molecular complexity index is 877. The van der Waals surface area contributed by atoms with E-state index in [2.05, 4.69) is 11.8 Å². The summed E-state index contributed by atoms with van der Waals surface area (Å²) in [7, 11) is -3.95. The van der Waals surface area contributed by atoms with Gasteiger partial charge in [-0.1, -0.05) is 36.4 Å². The molecule has 0 N–H and O–H groups in total. The number of piperazine rings is 1. The van der Waals surface area contributed by atoms with Crippen molar-refractivity contribution < 1.29 is 21.6 Å². The molecule has 0 aromatic heterocycles. The fourth-order valence-electron chi connectivity index (χ4n) is 3.26. The Balaban J connectivity index is 1.72. The molecule has 0 saturated carbocycles. The third-order valence-corrected chi connectivity index (χ3v) is 6.80. The predicted molar refractivity (Wildman–Crippen MR) is 96.6 cm³/mol. The number of halogens is 3. The molecule has 0 unspecified atom stereocenters. The average Bonchev–Trinajstić information content (AvgIpc) is 2.67. The Kier molecular flexibility index (Phi) is 5.60. The van der Waals surface area contributed by atoms with Crippen molar-refractivity contribution >= 4 is 10.0 Å². The van der Waals surface area contributed by atoms with Crippen LogP contribution in [0.25, 0.3) is 0 Å². The fraction of sp³-hybridized carbons (Fsp3) is 0.368. The van der Waals surface area contributed by atoms with Crippen molar-refractivity contribution in [2.75, 3.05) is 26.2 Å². The van der Waals surface area contributed by atoms with Crippen LogP contribution in [0.2, 0.25) is 0 Å². The van der Waals surface area contributed by atoms with Gasteiger partial charge in [-0.05, 0) is 30.7 Å². The van der Waals surface area contributed by atoms with Crippen molar-refractivity contribution in [3.63, 3.8) is 0 Å². The van der Waals surface area contributed by atoms with E-state index in [-0.39, 0.29) is 24.0 Å². The van der Waals surface area contributed by atoms with E-state index in [0.717, 1.165) is 17.7 Å². The number of hydrogen-bond donors (Lipinski definition) is 0. The lowest BCUT2D eigenvalue weighted by molar-refractivity contribution is -0.137. The van der Waals surface area contributed by atoms with Gasteiger partial charge in [-0.15, -0.1) is 0 Å². The van der Waals surface area contributed by atoms with E-state index >= 15 is 0 Å². The van der Waals surface area contributed by atoms with Crippen LogP contribution in [0.1, 0.15) is 24.1 Å². The largest absolute Gasteiger partial charge is 0.416 e. The monoisotopic (exact) mass is 398 g/mol. The van der Waals surface area contributed by atoms with Crippen molar-refractivity contribution in [2.45, 2.75) is 24.0 Å². The molecule has 0 amide bonds. The minimum absolute atomic E-state index is 0.143. The van der Waals surface area contributed by atoms with Gasteiger partial charge in [0, 0.05) is 32.2 Å². The zero-order valence-electron chi connectivity index (χ0n) is 14.9. The first kappa shape index (κ1) is 19.9. The zero-order valence-corrected chi connectivity index (χ0v) is 15.7. The summed E-state index contributed by atoms with van der Waals surface area (Å²) >= 11 is 0. The first-order chi connectivity index (χ1) is 12.7. The maximum Gasteiger partial charge on any atom is 0.416 e. The Morgan fingerprint density at radius 1 is 0.926 bits per heavy atom. The van der Waals surface area contributed by atoms with Crippen LogP contribution in [-0.2, 0) is 16.2 Å². The van der Waals surface area contributed by atoms with Crippen LogP contribution in [-0.4, -0.2) is 43.8 Å². The van der Waals surface area contributed by atoms with Crippen LogP contribution in [0.5, 0.6) is 0 Å². The predicted octanol–water partition coefficient (Wildman–Crippen LogP) is 3.77. The van der Waals surface area contributed by atoms with Crippen molar-refractivity contribution in [3.05, 3.63) is 65.7 Å². The quantitative estimate of drug-likeness (QED) is 0.787. The Hall–Kier alpha value is -1.90. The number of nitrogens with zero attached hydrogens (tertiary/aromatic N) is 2. The lowest BCUT2D eigenvalue weighted by atomic mass is 10.1. The summed E-state index contributed by atoms with van der Waals surface area (Å²) in [6, 6.07) is 14.0. The minimum atomic E-state index is -4.57. The molecule has 2 aromatic rings. The molecule has 0 radical (unpaired) electrons. The number of rotatable bonds is 4. The van der Waals surface area contributed by atoms with Crippen molar-refractivity contribution in [1.29, 1.82) is 0 Å². The molecule has 1 heterocycles. The molecule has 0 bridgehead atoms. The molecule has 8 heteroatoms. The first-order valence-electron chi connectivity index (χ1n) is 8.66. The highest BCUT2D eigenvalue weighted by Gasteiger charge is 2.34. The Morgan fingerprint density at radius 3 is 2.15 bits per heavy atom. The Labute approximate surface area is 157 Å². The summed E-state index contributed by atoms with van der Waals surface area (Å²) in [6.07, 6.45) is -4.57. The fourth-order valence-corrected chi connectivity index (χ4v) is 4.72. The van der Waals surface area contributed by atoms with E-state index < -0.39 is 21.8 Å². The lowest BCUT2D eigenvalue weighted by Gasteiger charge is -2.37. The molecule has 2 aromatic carbocycles. The van der Waals surface area contributed by atoms with E-state index in [4.69, 9.17) is 0 Å². The summed E-state index contributed by atoms with van der Waals surface area (Å²) in [6.45, 7) is 3.60. The molecule has 0 spiro atoms. The molecule has 1 aliphatic rings. The highest BCUT2D eigenvalue weighted by molar-refractivity contribution is 7.89. The zero-order chi connectivity index (χ0) is 19.7. The standard InChI is InChI=1S/C19H21F3N2O2S/c1-15(16-6-3-2-4-7-16)23-10-12-24(13-11-23)27(25,26)18-9-5-8-17(14-18)19(20,21)22/h2-9,14-15H,10-13H2,1H3/t15-/m1/s1. The van der Waals surface area contributed by atoms with E-state index in [9.17, 15) is 21.6 Å². The molecule has 4 nitrogen and oxygen atoms in total. The molecule has 1 aliphatic heterocycles. The maximum absolute atomic E-state index is 12.9. The molecule has 0 aliphatic carbocycles. The van der Waals surface area contributed by atoms with Crippen molar-refractivity contribution in [2.24, 2.45) is 0 Å². The molecule has 3 rings (SSSR count). The summed E-state index contributed by atoms with van der Waals surface area (Å²) < 4.78 is 65.4. The van der Waals surface area contributed by atoms with E-state index in [1.807, 2.05) is 30.3 Å². The molecule has 1 atom stereocenters. The van der Waals surface area contributed by atoms with Crippen LogP contribution in [0.15, 0.2) is 59.5 Å². The van der Waals surface area contributed by atoms with Gasteiger partial charge in [0.1, 0.15) is 0 Å². The van der Waals surface area contributed by atoms with Gasteiger partial charge in [-0.25, -0.2) is 8.42 Å². The first-order valence-corrected chi connectivity index (χ1v) is 10.1. The molecule has 27 heavy (non-hydrogen) atoms. The summed E-state index contributed by atoms with van der Waals surface area (Å²) in [5.74, 6) is 0. The third kappa shape index (κ3) is 4.34. The molecular weight excluding hydrogens is 377 g/mol. The van der Waals surface area contributed by atoms with Crippen molar-refractivity contribution in [1.82, 2.24) is 9.21 Å². The van der Waals surface area contributed by atoms with Gasteiger partial charge in [-0.2, -0.15) is 17.5 Å². The van der Waals surface area contributed by atoms with Gasteiger partial charge in [-0.3, -0.25) is 4.90 Å². The second kappa shape index (κ2) is 7.61. The van der Waals surface area contributed by atoms with Crippen molar-refractivity contribution in [3.8, 4) is 0 Å². The lowest BCUT2D eigenvalue weighted by Crippen LogP contribution is -2.49. The SMILES string of the molecule is C[C@H](c1ccccc1)N1CCN(S(=O)(=O)c2cccc(C(F)(F)F)c2)CC1. The number of alkyl halides is 3. The number of sulfonamides is 1. The van der Waals surface area contributed by atoms with Crippen LogP contribution in [0.4, 0.5) is 13.2 Å². The van der Waals surface area contributed by atoms with Gasteiger partial charge in [0.2, 0.25) is 10.0 Å². The number of hydrogen-bond acceptors (Lipinski definition) is 3. The summed E-state index contributed by atoms with van der Waals surface area (Å²) in [5.41, 5.74) is 0.187. The van der Waals surface area contributed by atoms with Gasteiger partial charge < -0.3 is 0 Å². The highest BCUT2D eigenvalue weighted by atomic mass is 32.2. The summed E-state index contributed by atoms with van der Waals surface area (Å²) in [4.78, 5) is 1.86. The van der Waals surface area contributed by atoms with Crippen LogP contribution >= 0.6 is 0 Å². The minimum Gasteiger partial charge on any atom is -0.294 e. The topological polar surface area (TPSA) is 40.6 Å². The molecular formula is C19H21F3N2O2S. The van der Waals surface area contributed by atoms with E-state index in [1.165, 1.54) is 10.4 Å². The molecule has 146 valence electrons. The van der Waals surface area contributed by atoms with E-state index in [1.54, 1.807) is 0 Å². The van der Waals surface area contributed by atoms with Crippen LogP contribution in [0.3, 0.4) is 0 Å². The average molecular weight is 398 g/mol. The normalized spacial score (nSPS) is 18.4. The van der Waals surface area contributed by atoms with Gasteiger partial charge in [0.25, 0.3) is 0 Å². The highest BCUT2D eigenvalue weighted by Crippen LogP contribution is 2.31. The Morgan fingerprint density at radius 2 is 1.56 bits per heavy atom.